The topological polar surface area (TPSA) is 59.8 Å². The molecule has 0 spiro atoms. The molecule has 3 rings (SSSR count). The van der Waals surface area contributed by atoms with Crippen LogP contribution in [-0.4, -0.2) is 20.7 Å². The average Bonchev–Trinajstić information content (AvgIpc) is 3.10. The molecule has 110 valence electrons. The van der Waals surface area contributed by atoms with Crippen LogP contribution < -0.4 is 5.32 Å². The average molecular weight is 276 g/mol. The lowest BCUT2D eigenvalue weighted by Gasteiger charge is -2.41. The number of hydrogen-bond acceptors (Lipinski definition) is 3. The lowest BCUT2D eigenvalue weighted by molar-refractivity contribution is -0.137. The van der Waals surface area contributed by atoms with Gasteiger partial charge in [0.15, 0.2) is 5.82 Å². The third kappa shape index (κ3) is 2.58. The van der Waals surface area contributed by atoms with Crippen LogP contribution >= 0.6 is 0 Å². The second kappa shape index (κ2) is 5.19. The maximum absolute atomic E-state index is 12.5. The molecule has 0 radical (unpaired) electrons. The van der Waals surface area contributed by atoms with Gasteiger partial charge in [-0.2, -0.15) is 0 Å². The molecule has 5 nitrogen and oxygen atoms in total. The van der Waals surface area contributed by atoms with Crippen LogP contribution in [0.4, 0.5) is 0 Å². The Kier molecular flexibility index (Phi) is 3.52. The molecule has 2 aliphatic rings. The van der Waals surface area contributed by atoms with E-state index in [0.717, 1.165) is 25.1 Å². The van der Waals surface area contributed by atoms with Crippen molar-refractivity contribution in [3.8, 4) is 0 Å². The van der Waals surface area contributed by atoms with E-state index in [9.17, 15) is 4.79 Å². The molecule has 1 heterocycles. The van der Waals surface area contributed by atoms with Crippen molar-refractivity contribution in [2.24, 2.45) is 11.3 Å². The van der Waals surface area contributed by atoms with Crippen LogP contribution in [0, 0.1) is 11.3 Å². The molecule has 0 aromatic carbocycles. The van der Waals surface area contributed by atoms with E-state index < -0.39 is 0 Å². The zero-order valence-electron chi connectivity index (χ0n) is 12.4. The summed E-state index contributed by atoms with van der Waals surface area (Å²) in [6, 6.07) is 0.560. The van der Waals surface area contributed by atoms with Gasteiger partial charge in [-0.15, -0.1) is 10.2 Å². The molecule has 0 aliphatic heterocycles. The Labute approximate surface area is 120 Å². The van der Waals surface area contributed by atoms with Crippen LogP contribution in [0.5, 0.6) is 0 Å². The summed E-state index contributed by atoms with van der Waals surface area (Å²) in [5.41, 5.74) is -0.113. The van der Waals surface area contributed by atoms with E-state index >= 15 is 0 Å². The minimum atomic E-state index is -0.113. The van der Waals surface area contributed by atoms with E-state index in [2.05, 4.69) is 33.9 Å². The highest BCUT2D eigenvalue weighted by Gasteiger charge is 2.44. The van der Waals surface area contributed by atoms with E-state index in [1.54, 1.807) is 6.33 Å². The summed E-state index contributed by atoms with van der Waals surface area (Å²) in [5.74, 6) is 1.67. The number of carbonyl (C=O) groups excluding carboxylic acids is 1. The van der Waals surface area contributed by atoms with Crippen LogP contribution in [0.15, 0.2) is 6.33 Å². The highest BCUT2D eigenvalue weighted by Crippen LogP contribution is 2.46. The minimum absolute atomic E-state index is 0.113. The Balaban J connectivity index is 1.59. The van der Waals surface area contributed by atoms with E-state index in [1.165, 1.54) is 19.3 Å². The second-order valence-electron chi connectivity index (χ2n) is 6.80. The number of nitrogens with one attached hydrogen (secondary N) is 1. The third-order valence-electron chi connectivity index (χ3n) is 4.59. The molecule has 5 heteroatoms. The number of aromatic nitrogens is 3. The summed E-state index contributed by atoms with van der Waals surface area (Å²) in [6.07, 6.45) is 8.43. The Morgan fingerprint density at radius 3 is 2.80 bits per heavy atom. The lowest BCUT2D eigenvalue weighted by atomic mass is 9.64. The first-order valence-electron chi connectivity index (χ1n) is 7.77. The quantitative estimate of drug-likeness (QED) is 0.868. The van der Waals surface area contributed by atoms with Crippen molar-refractivity contribution in [1.29, 1.82) is 0 Å². The molecule has 0 atom stereocenters. The van der Waals surface area contributed by atoms with Gasteiger partial charge in [0.2, 0.25) is 5.91 Å². The van der Waals surface area contributed by atoms with Gasteiger partial charge < -0.3 is 9.88 Å². The van der Waals surface area contributed by atoms with E-state index in [4.69, 9.17) is 0 Å². The molecule has 1 amide bonds. The van der Waals surface area contributed by atoms with Gasteiger partial charge in [0.25, 0.3) is 0 Å². The Hall–Kier alpha value is -1.39. The molecule has 2 fully saturated rings. The fraction of sp³-hybridized carbons (Fsp3) is 0.800. The van der Waals surface area contributed by atoms with Crippen molar-refractivity contribution >= 4 is 5.91 Å². The normalized spacial score (nSPS) is 20.8. The summed E-state index contributed by atoms with van der Waals surface area (Å²) in [4.78, 5) is 12.5. The molecule has 0 unspecified atom stereocenters. The smallest absolute Gasteiger partial charge is 0.226 e. The fourth-order valence-electron chi connectivity index (χ4n) is 3.31. The monoisotopic (exact) mass is 276 g/mol. The summed E-state index contributed by atoms with van der Waals surface area (Å²) < 4.78 is 2.11. The molecule has 2 saturated carbocycles. The summed E-state index contributed by atoms with van der Waals surface area (Å²) in [6.45, 7) is 4.89. The molecule has 2 aliphatic carbocycles. The van der Waals surface area contributed by atoms with Crippen LogP contribution in [0.1, 0.15) is 64.2 Å². The van der Waals surface area contributed by atoms with Gasteiger partial charge in [-0.1, -0.05) is 20.3 Å². The highest BCUT2D eigenvalue weighted by molar-refractivity contribution is 5.83. The van der Waals surface area contributed by atoms with Crippen LogP contribution in [0.3, 0.4) is 0 Å². The number of amides is 1. The predicted molar refractivity (Wildman–Crippen MR) is 75.9 cm³/mol. The molecule has 1 aromatic heterocycles. The van der Waals surface area contributed by atoms with Crippen molar-refractivity contribution in [3.05, 3.63) is 12.2 Å². The lowest BCUT2D eigenvalue weighted by Crippen LogP contribution is -2.46. The predicted octanol–water partition coefficient (Wildman–Crippen LogP) is 2.45. The SMILES string of the molecule is CC(C)CC1(C(=O)NCc2nncn2C2CC2)CCC1. The largest absolute Gasteiger partial charge is 0.348 e. The van der Waals surface area contributed by atoms with Crippen molar-refractivity contribution in [2.45, 2.75) is 65.0 Å². The van der Waals surface area contributed by atoms with Crippen molar-refractivity contribution < 1.29 is 4.79 Å². The van der Waals surface area contributed by atoms with Crippen LogP contribution in [0.25, 0.3) is 0 Å². The van der Waals surface area contributed by atoms with Crippen molar-refractivity contribution in [2.75, 3.05) is 0 Å². The standard InChI is InChI=1S/C15H24N4O/c1-11(2)8-15(6-3-7-15)14(20)16-9-13-18-17-10-19(13)12-4-5-12/h10-12H,3-9H2,1-2H3,(H,16,20). The van der Waals surface area contributed by atoms with Gasteiger partial charge >= 0.3 is 0 Å². The van der Waals surface area contributed by atoms with Gasteiger partial charge in [-0.05, 0) is 38.0 Å². The van der Waals surface area contributed by atoms with Gasteiger partial charge in [-0.25, -0.2) is 0 Å². The molecule has 0 saturated heterocycles. The van der Waals surface area contributed by atoms with Gasteiger partial charge in [0, 0.05) is 11.5 Å². The maximum atomic E-state index is 12.5. The molecule has 1 aromatic rings. The highest BCUT2D eigenvalue weighted by atomic mass is 16.2. The fourth-order valence-corrected chi connectivity index (χ4v) is 3.31. The number of hydrogen-bond donors (Lipinski definition) is 1. The van der Waals surface area contributed by atoms with E-state index in [1.807, 2.05) is 0 Å². The summed E-state index contributed by atoms with van der Waals surface area (Å²) in [5, 5.41) is 11.2. The number of rotatable bonds is 6. The second-order valence-corrected chi connectivity index (χ2v) is 6.80. The van der Waals surface area contributed by atoms with Crippen molar-refractivity contribution in [1.82, 2.24) is 20.1 Å². The molecule has 1 N–H and O–H groups in total. The van der Waals surface area contributed by atoms with Crippen molar-refractivity contribution in [3.63, 3.8) is 0 Å². The molecule has 20 heavy (non-hydrogen) atoms. The Morgan fingerprint density at radius 1 is 1.50 bits per heavy atom. The zero-order chi connectivity index (χ0) is 14.2. The van der Waals surface area contributed by atoms with Gasteiger partial charge in [0.05, 0.1) is 6.54 Å². The Morgan fingerprint density at radius 2 is 2.25 bits per heavy atom. The number of carbonyl (C=O) groups is 1. The van der Waals surface area contributed by atoms with Crippen LogP contribution in [0.2, 0.25) is 0 Å². The molecule has 0 bridgehead atoms. The zero-order valence-corrected chi connectivity index (χ0v) is 12.4. The van der Waals surface area contributed by atoms with Gasteiger partial charge in [0.1, 0.15) is 6.33 Å². The summed E-state index contributed by atoms with van der Waals surface area (Å²) in [7, 11) is 0. The third-order valence-corrected chi connectivity index (χ3v) is 4.59. The van der Waals surface area contributed by atoms with E-state index in [-0.39, 0.29) is 11.3 Å². The molecular weight excluding hydrogens is 252 g/mol. The van der Waals surface area contributed by atoms with Crippen LogP contribution in [-0.2, 0) is 11.3 Å². The number of nitrogens with zero attached hydrogens (tertiary/aromatic N) is 3. The molecular formula is C15H24N4O. The first kappa shape index (κ1) is 13.6. The first-order chi connectivity index (χ1) is 9.61. The Bertz CT molecular complexity index is 486. The summed E-state index contributed by atoms with van der Waals surface area (Å²) >= 11 is 0. The van der Waals surface area contributed by atoms with Gasteiger partial charge in [-0.3, -0.25) is 4.79 Å². The minimum Gasteiger partial charge on any atom is -0.348 e. The maximum Gasteiger partial charge on any atom is 0.226 e. The first-order valence-corrected chi connectivity index (χ1v) is 7.77. The van der Waals surface area contributed by atoms with E-state index in [0.29, 0.717) is 18.5 Å².